The van der Waals surface area contributed by atoms with E-state index in [-0.39, 0.29) is 24.0 Å². The lowest BCUT2D eigenvalue weighted by Gasteiger charge is -2.13. The van der Waals surface area contributed by atoms with Crippen molar-refractivity contribution >= 4 is 29.9 Å². The molecule has 0 aliphatic heterocycles. The molecule has 0 radical (unpaired) electrons. The third-order valence-electron chi connectivity index (χ3n) is 3.71. The first-order valence-electron chi connectivity index (χ1n) is 8.81. The average molecular weight is 472 g/mol. The molecule has 7 nitrogen and oxygen atoms in total. The van der Waals surface area contributed by atoms with Crippen molar-refractivity contribution in [3.05, 3.63) is 42.0 Å². The standard InChI is InChI=1S/C18H28N6O.HI/c1-4-17-23-22-14-24(17)12-10-20-18(19-5-2)21-11-13-25-16-9-7-6-8-15(16)3;/h6-9,14H,4-5,10-13H2,1-3H3,(H2,19,20,21);1H. The SMILES string of the molecule is CCNC(=NCCn1cnnc1CC)NCCOc1ccccc1C.I. The highest BCUT2D eigenvalue weighted by molar-refractivity contribution is 14.0. The van der Waals surface area contributed by atoms with Crippen molar-refractivity contribution in [3.8, 4) is 5.75 Å². The van der Waals surface area contributed by atoms with E-state index >= 15 is 0 Å². The Bertz CT molecular complexity index is 673. The number of aryl methyl sites for hydroxylation is 2. The maximum Gasteiger partial charge on any atom is 0.191 e. The van der Waals surface area contributed by atoms with Gasteiger partial charge in [0.2, 0.25) is 0 Å². The highest BCUT2D eigenvalue weighted by Crippen LogP contribution is 2.15. The number of rotatable bonds is 9. The zero-order valence-corrected chi connectivity index (χ0v) is 18.1. The van der Waals surface area contributed by atoms with Crippen LogP contribution in [0.2, 0.25) is 0 Å². The second kappa shape index (κ2) is 12.5. The predicted molar refractivity (Wildman–Crippen MR) is 115 cm³/mol. The minimum Gasteiger partial charge on any atom is -0.491 e. The largest absolute Gasteiger partial charge is 0.491 e. The minimum atomic E-state index is 0. The van der Waals surface area contributed by atoms with Gasteiger partial charge in [0.1, 0.15) is 24.5 Å². The van der Waals surface area contributed by atoms with Gasteiger partial charge in [0, 0.05) is 19.5 Å². The summed E-state index contributed by atoms with van der Waals surface area (Å²) in [6, 6.07) is 8.02. The van der Waals surface area contributed by atoms with Crippen LogP contribution in [0.5, 0.6) is 5.75 Å². The van der Waals surface area contributed by atoms with Crippen LogP contribution in [0.25, 0.3) is 0 Å². The molecular formula is C18H29IN6O. The summed E-state index contributed by atoms with van der Waals surface area (Å²) in [6.07, 6.45) is 2.63. The lowest BCUT2D eigenvalue weighted by atomic mass is 10.2. The van der Waals surface area contributed by atoms with Crippen LogP contribution in [-0.4, -0.2) is 47.0 Å². The van der Waals surface area contributed by atoms with Gasteiger partial charge in [-0.3, -0.25) is 4.99 Å². The summed E-state index contributed by atoms with van der Waals surface area (Å²) in [7, 11) is 0. The molecule has 8 heteroatoms. The summed E-state index contributed by atoms with van der Waals surface area (Å²) in [6.45, 7) is 9.69. The van der Waals surface area contributed by atoms with Crippen LogP contribution in [0, 0.1) is 6.92 Å². The van der Waals surface area contributed by atoms with Gasteiger partial charge in [-0.15, -0.1) is 34.2 Å². The molecule has 0 unspecified atom stereocenters. The fourth-order valence-electron chi connectivity index (χ4n) is 2.40. The van der Waals surface area contributed by atoms with Crippen molar-refractivity contribution < 1.29 is 4.74 Å². The van der Waals surface area contributed by atoms with Crippen LogP contribution in [0.15, 0.2) is 35.6 Å². The fraction of sp³-hybridized carbons (Fsp3) is 0.500. The first-order chi connectivity index (χ1) is 12.2. The summed E-state index contributed by atoms with van der Waals surface area (Å²) in [5, 5.41) is 14.6. The number of benzene rings is 1. The molecular weight excluding hydrogens is 443 g/mol. The van der Waals surface area contributed by atoms with Gasteiger partial charge in [0.25, 0.3) is 0 Å². The second-order valence-electron chi connectivity index (χ2n) is 5.60. The molecule has 1 aromatic carbocycles. The molecule has 0 saturated carbocycles. The Morgan fingerprint density at radius 2 is 2.04 bits per heavy atom. The van der Waals surface area contributed by atoms with Crippen molar-refractivity contribution in [1.29, 1.82) is 0 Å². The molecule has 0 spiro atoms. The number of aliphatic imine (C=N–C) groups is 1. The third kappa shape index (κ3) is 7.19. The van der Waals surface area contributed by atoms with Crippen molar-refractivity contribution in [3.63, 3.8) is 0 Å². The van der Waals surface area contributed by atoms with Crippen molar-refractivity contribution in [1.82, 2.24) is 25.4 Å². The van der Waals surface area contributed by atoms with E-state index in [1.165, 1.54) is 0 Å². The molecule has 0 aliphatic carbocycles. The van der Waals surface area contributed by atoms with E-state index < -0.39 is 0 Å². The number of aromatic nitrogens is 3. The molecule has 26 heavy (non-hydrogen) atoms. The molecule has 0 saturated heterocycles. The quantitative estimate of drug-likeness (QED) is 0.254. The number of hydrogen-bond donors (Lipinski definition) is 2. The highest BCUT2D eigenvalue weighted by atomic mass is 127. The van der Waals surface area contributed by atoms with Gasteiger partial charge >= 0.3 is 0 Å². The molecule has 144 valence electrons. The summed E-state index contributed by atoms with van der Waals surface area (Å²) in [4.78, 5) is 4.59. The second-order valence-corrected chi connectivity index (χ2v) is 5.60. The molecule has 0 bridgehead atoms. The van der Waals surface area contributed by atoms with Gasteiger partial charge in [-0.1, -0.05) is 25.1 Å². The van der Waals surface area contributed by atoms with E-state index in [2.05, 4.69) is 39.7 Å². The van der Waals surface area contributed by atoms with E-state index in [9.17, 15) is 0 Å². The Morgan fingerprint density at radius 3 is 2.77 bits per heavy atom. The lowest BCUT2D eigenvalue weighted by molar-refractivity contribution is 0.320. The predicted octanol–water partition coefficient (Wildman–Crippen LogP) is 2.40. The molecule has 0 atom stereocenters. The molecule has 0 aliphatic rings. The molecule has 1 aromatic heterocycles. The molecule has 1 heterocycles. The van der Waals surface area contributed by atoms with Crippen LogP contribution >= 0.6 is 24.0 Å². The lowest BCUT2D eigenvalue weighted by Crippen LogP contribution is -2.39. The number of ether oxygens (including phenoxy) is 1. The number of nitrogens with zero attached hydrogens (tertiary/aromatic N) is 4. The zero-order valence-electron chi connectivity index (χ0n) is 15.7. The Kier molecular flexibility index (Phi) is 10.7. The minimum absolute atomic E-state index is 0. The van der Waals surface area contributed by atoms with E-state index in [1.807, 2.05) is 35.8 Å². The van der Waals surface area contributed by atoms with Crippen LogP contribution < -0.4 is 15.4 Å². The van der Waals surface area contributed by atoms with Crippen molar-refractivity contribution in [2.24, 2.45) is 4.99 Å². The van der Waals surface area contributed by atoms with Crippen molar-refractivity contribution in [2.75, 3.05) is 26.2 Å². The van der Waals surface area contributed by atoms with Gasteiger partial charge in [0.15, 0.2) is 5.96 Å². The number of para-hydroxylation sites is 1. The molecule has 2 rings (SSSR count). The van der Waals surface area contributed by atoms with Crippen LogP contribution in [-0.2, 0) is 13.0 Å². The molecule has 2 N–H and O–H groups in total. The average Bonchev–Trinajstić information content (AvgIpc) is 3.07. The van der Waals surface area contributed by atoms with E-state index in [0.717, 1.165) is 42.6 Å². The first kappa shape index (κ1) is 22.2. The Hall–Kier alpha value is -1.84. The summed E-state index contributed by atoms with van der Waals surface area (Å²) in [5.74, 6) is 2.70. The van der Waals surface area contributed by atoms with E-state index in [4.69, 9.17) is 4.74 Å². The van der Waals surface area contributed by atoms with E-state index in [1.54, 1.807) is 6.33 Å². The smallest absolute Gasteiger partial charge is 0.191 e. The van der Waals surface area contributed by atoms with Gasteiger partial charge in [-0.25, -0.2) is 0 Å². The molecule has 0 fully saturated rings. The fourth-order valence-corrected chi connectivity index (χ4v) is 2.40. The highest BCUT2D eigenvalue weighted by Gasteiger charge is 2.02. The van der Waals surface area contributed by atoms with Crippen LogP contribution in [0.3, 0.4) is 0 Å². The van der Waals surface area contributed by atoms with Gasteiger partial charge in [0.05, 0.1) is 13.1 Å². The maximum atomic E-state index is 5.79. The summed E-state index contributed by atoms with van der Waals surface area (Å²) in [5.41, 5.74) is 1.14. The summed E-state index contributed by atoms with van der Waals surface area (Å²) >= 11 is 0. The van der Waals surface area contributed by atoms with Crippen molar-refractivity contribution in [2.45, 2.75) is 33.7 Å². The first-order valence-corrected chi connectivity index (χ1v) is 8.81. The van der Waals surface area contributed by atoms with Crippen LogP contribution in [0.1, 0.15) is 25.2 Å². The zero-order chi connectivity index (χ0) is 17.9. The monoisotopic (exact) mass is 472 g/mol. The van der Waals surface area contributed by atoms with Crippen LogP contribution in [0.4, 0.5) is 0 Å². The Labute approximate surface area is 172 Å². The number of hydrogen-bond acceptors (Lipinski definition) is 4. The normalized spacial score (nSPS) is 11.0. The Balaban J connectivity index is 0.00000338. The van der Waals surface area contributed by atoms with Gasteiger partial charge in [-0.2, -0.15) is 0 Å². The maximum absolute atomic E-state index is 5.79. The number of nitrogens with one attached hydrogen (secondary N) is 2. The molecule has 2 aromatic rings. The van der Waals surface area contributed by atoms with Gasteiger partial charge in [-0.05, 0) is 25.5 Å². The number of guanidine groups is 1. The topological polar surface area (TPSA) is 76.4 Å². The summed E-state index contributed by atoms with van der Waals surface area (Å²) < 4.78 is 7.83. The number of halogens is 1. The Morgan fingerprint density at radius 1 is 1.23 bits per heavy atom. The third-order valence-corrected chi connectivity index (χ3v) is 3.71. The van der Waals surface area contributed by atoms with Gasteiger partial charge < -0.3 is 19.9 Å². The molecule has 0 amide bonds. The van der Waals surface area contributed by atoms with E-state index in [0.29, 0.717) is 19.7 Å².